The molecule has 4 fully saturated rings. The number of alkyl halides is 1. The average molecular weight is 1060 g/mol. The normalized spacial score (nSPS) is 24.2. The van der Waals surface area contributed by atoms with Crippen LogP contribution in [0.4, 0.5) is 4.39 Å². The van der Waals surface area contributed by atoms with Gasteiger partial charge in [-0.3, -0.25) is 24.0 Å². The molecule has 400 valence electrons. The molecule has 2 saturated carbocycles. The number of aliphatic hydroxyl groups excluding tert-OH is 1. The molecule has 2 aliphatic heterocycles. The second-order valence-electron chi connectivity index (χ2n) is 23.8. The zero-order valence-corrected chi connectivity index (χ0v) is 46.6. The number of hydrogen-bond acceptors (Lipinski definition) is 12. The van der Waals surface area contributed by atoms with Crippen LogP contribution in [0.5, 0.6) is 0 Å². The van der Waals surface area contributed by atoms with Crippen molar-refractivity contribution in [3.8, 4) is 20.9 Å². The number of hydrogen-bond donors (Lipinski definition) is 5. The summed E-state index contributed by atoms with van der Waals surface area (Å²) >= 11 is 3.11. The van der Waals surface area contributed by atoms with Crippen LogP contribution in [0.3, 0.4) is 0 Å². The molecule has 0 radical (unpaired) electrons. The zero-order chi connectivity index (χ0) is 53.8. The van der Waals surface area contributed by atoms with Crippen molar-refractivity contribution in [1.29, 1.82) is 0 Å². The van der Waals surface area contributed by atoms with E-state index in [4.69, 9.17) is 4.74 Å². The molecule has 2 aliphatic carbocycles. The topological polar surface area (TPSA) is 195 Å². The third-order valence-corrected chi connectivity index (χ3v) is 17.0. The molecule has 2 saturated heterocycles. The minimum atomic E-state index is -2.03. The number of nitrogens with one attached hydrogen (secondary N) is 4. The van der Waals surface area contributed by atoms with Gasteiger partial charge >= 0.3 is 0 Å². The first-order valence-electron chi connectivity index (χ1n) is 26.0. The SMILES string of the molecule is Cc1ncsc1-c1ccc(C2(NC(=O)[C@@H]3C[C@@H](O)CN3C(=O)[C@@H](NC(C)C)C(C)(C)C)CC2O[C@@H]2C[C@@H](C(=O)NCc3ccc(-c4scnc4C)cc3C(C)C)N(C(=O)[C@@H](NC(=O)C3(F)CC3)C(C)(C)C)C2)cc1. The fourth-order valence-electron chi connectivity index (χ4n) is 10.5. The number of aryl methyl sites for hydroxylation is 2. The Labute approximate surface area is 443 Å². The third-order valence-electron chi connectivity index (χ3n) is 15.0. The number of carbonyl (C=O) groups is 5. The van der Waals surface area contributed by atoms with Crippen molar-refractivity contribution in [1.82, 2.24) is 41.0 Å². The van der Waals surface area contributed by atoms with Gasteiger partial charge in [0.1, 0.15) is 18.1 Å². The van der Waals surface area contributed by atoms with Crippen LogP contribution < -0.4 is 21.3 Å². The van der Waals surface area contributed by atoms with Crippen molar-refractivity contribution in [2.75, 3.05) is 13.1 Å². The molecule has 2 aromatic carbocycles. The molecule has 0 spiro atoms. The Morgan fingerprint density at radius 3 is 1.92 bits per heavy atom. The Morgan fingerprint density at radius 2 is 1.36 bits per heavy atom. The summed E-state index contributed by atoms with van der Waals surface area (Å²) in [7, 11) is 0. The van der Waals surface area contributed by atoms with Crippen molar-refractivity contribution in [3.63, 3.8) is 0 Å². The highest BCUT2D eigenvalue weighted by Crippen LogP contribution is 2.51. The summed E-state index contributed by atoms with van der Waals surface area (Å²) in [5.74, 6) is -2.33. The molecule has 8 atom stereocenters. The summed E-state index contributed by atoms with van der Waals surface area (Å²) in [6.07, 6.45) is -1.57. The summed E-state index contributed by atoms with van der Waals surface area (Å²) in [5.41, 5.74) is 5.77. The maximum atomic E-state index is 15.2. The quantitative estimate of drug-likeness (QED) is 0.0708. The fourth-order valence-corrected chi connectivity index (χ4v) is 12.2. The number of nitrogens with zero attached hydrogens (tertiary/aromatic N) is 4. The van der Waals surface area contributed by atoms with E-state index in [-0.39, 0.29) is 63.2 Å². The van der Waals surface area contributed by atoms with Crippen molar-refractivity contribution in [3.05, 3.63) is 81.6 Å². The van der Waals surface area contributed by atoms with Gasteiger partial charge < -0.3 is 40.9 Å². The van der Waals surface area contributed by atoms with Gasteiger partial charge in [0.2, 0.25) is 23.6 Å². The van der Waals surface area contributed by atoms with E-state index in [0.29, 0.717) is 6.42 Å². The average Bonchev–Trinajstić information content (AvgIpc) is 3.82. The molecule has 0 bridgehead atoms. The maximum Gasteiger partial charge on any atom is 0.258 e. The molecule has 4 heterocycles. The van der Waals surface area contributed by atoms with Crippen LogP contribution in [0.1, 0.15) is 135 Å². The molecule has 4 aliphatic rings. The predicted molar refractivity (Wildman–Crippen MR) is 286 cm³/mol. The standard InChI is InChI=1S/C56H75FN8O7S2/c1-30(2)40-21-35(45-33(6)60-29-74-45)13-14-36(40)25-58-48(67)42-23-39(27-65(42)51(70)47(54(10,11)12)62-52(71)55(57)19-20-55)72-43-24-56(43,37-17-15-34(16-18-37)44-32(5)59-28-73-44)63-49(68)41-22-38(66)26-64(41)50(69)46(53(7,8)9)61-31(3)4/h13-18,21,28-31,38-39,41-43,46-47,61,66H,19-20,22-27H2,1-12H3,(H,58,67)(H,62,71)(H,63,68)/t38-,39-,41+,42+,43?,46-,47-,56?/m1/s1. The van der Waals surface area contributed by atoms with Gasteiger partial charge in [-0.15, -0.1) is 22.7 Å². The molecule has 5 amide bonds. The van der Waals surface area contributed by atoms with Crippen LogP contribution >= 0.6 is 22.7 Å². The van der Waals surface area contributed by atoms with Gasteiger partial charge in [-0.25, -0.2) is 14.4 Å². The minimum absolute atomic E-state index is 0.00741. The smallest absolute Gasteiger partial charge is 0.258 e. The number of aliphatic hydroxyl groups is 1. The second kappa shape index (κ2) is 21.1. The fraction of sp³-hybridized carbons (Fsp3) is 0.589. The van der Waals surface area contributed by atoms with Gasteiger partial charge in [0.15, 0.2) is 5.67 Å². The monoisotopic (exact) mass is 1050 g/mol. The van der Waals surface area contributed by atoms with Crippen LogP contribution in [0, 0.1) is 24.7 Å². The number of ether oxygens (including phenoxy) is 1. The van der Waals surface area contributed by atoms with Crippen molar-refractivity contribution >= 4 is 52.2 Å². The maximum absolute atomic E-state index is 15.2. The zero-order valence-electron chi connectivity index (χ0n) is 44.9. The predicted octanol–water partition coefficient (Wildman–Crippen LogP) is 7.47. The Hall–Kier alpha value is -5.14. The number of benzene rings is 2. The van der Waals surface area contributed by atoms with Gasteiger partial charge in [-0.1, -0.05) is 106 Å². The largest absolute Gasteiger partial charge is 0.391 e. The highest BCUT2D eigenvalue weighted by Gasteiger charge is 2.61. The van der Waals surface area contributed by atoms with Crippen LogP contribution in [-0.4, -0.2) is 122 Å². The lowest BCUT2D eigenvalue weighted by Crippen LogP contribution is -2.59. The Balaban J connectivity index is 1.08. The minimum Gasteiger partial charge on any atom is -0.391 e. The number of β-amino-alcohol motifs (C(OH)–C–C–N with tert-alkyl or cyclic N) is 1. The summed E-state index contributed by atoms with van der Waals surface area (Å²) in [6, 6.07) is 10.3. The van der Waals surface area contributed by atoms with Gasteiger partial charge in [0.05, 0.1) is 62.1 Å². The molecule has 15 nitrogen and oxygen atoms in total. The van der Waals surface area contributed by atoms with E-state index in [1.54, 1.807) is 37.6 Å². The van der Waals surface area contributed by atoms with Gasteiger partial charge in [-0.05, 0) is 77.3 Å². The molecular formula is C56H75FN8O7S2. The molecule has 8 rings (SSSR count). The number of halogens is 1. The highest BCUT2D eigenvalue weighted by molar-refractivity contribution is 7.13. The van der Waals surface area contributed by atoms with Crippen LogP contribution in [-0.2, 0) is 40.8 Å². The van der Waals surface area contributed by atoms with E-state index in [0.717, 1.165) is 49.0 Å². The molecule has 18 heteroatoms. The van der Waals surface area contributed by atoms with E-state index in [2.05, 4.69) is 51.1 Å². The summed E-state index contributed by atoms with van der Waals surface area (Å²) < 4.78 is 22.2. The Kier molecular flexibility index (Phi) is 15.7. The first-order chi connectivity index (χ1) is 34.7. The highest BCUT2D eigenvalue weighted by atomic mass is 32.1. The van der Waals surface area contributed by atoms with Crippen molar-refractivity contribution in [2.24, 2.45) is 10.8 Å². The lowest BCUT2D eigenvalue weighted by molar-refractivity contribution is -0.145. The molecule has 74 heavy (non-hydrogen) atoms. The van der Waals surface area contributed by atoms with Gasteiger partial charge in [-0.2, -0.15) is 0 Å². The van der Waals surface area contributed by atoms with Crippen LogP contribution in [0.2, 0.25) is 0 Å². The van der Waals surface area contributed by atoms with Crippen molar-refractivity contribution < 1.29 is 38.2 Å². The lowest BCUT2D eigenvalue weighted by atomic mass is 9.85. The lowest BCUT2D eigenvalue weighted by Gasteiger charge is -2.37. The first-order valence-corrected chi connectivity index (χ1v) is 27.8. The number of amides is 5. The summed E-state index contributed by atoms with van der Waals surface area (Å²) in [5, 5.41) is 23.6. The van der Waals surface area contributed by atoms with E-state index < -0.39 is 88.1 Å². The van der Waals surface area contributed by atoms with E-state index in [9.17, 15) is 29.1 Å². The van der Waals surface area contributed by atoms with Gasteiger partial charge in [0, 0.05) is 44.9 Å². The number of aromatic nitrogens is 2. The first kappa shape index (κ1) is 55.1. The molecule has 2 unspecified atom stereocenters. The molecule has 4 aromatic rings. The summed E-state index contributed by atoms with van der Waals surface area (Å²) in [6.45, 7) is 23.5. The Bertz CT molecular complexity index is 2740. The Morgan fingerprint density at radius 1 is 0.797 bits per heavy atom. The number of carbonyl (C=O) groups excluding carboxylic acids is 5. The number of rotatable bonds is 17. The van der Waals surface area contributed by atoms with E-state index in [1.165, 1.54) is 21.1 Å². The third kappa shape index (κ3) is 11.6. The second-order valence-corrected chi connectivity index (χ2v) is 25.5. The van der Waals surface area contributed by atoms with Crippen molar-refractivity contribution in [2.45, 2.75) is 187 Å². The molecular weight excluding hydrogens is 980 g/mol. The number of thiazole rings is 2. The van der Waals surface area contributed by atoms with E-state index >= 15 is 4.39 Å². The molecule has 5 N–H and O–H groups in total. The molecule has 2 aromatic heterocycles. The summed E-state index contributed by atoms with van der Waals surface area (Å²) in [4.78, 5) is 86.0. The van der Waals surface area contributed by atoms with Crippen LogP contribution in [0.15, 0.2) is 53.5 Å². The van der Waals surface area contributed by atoms with E-state index in [1.807, 2.05) is 90.4 Å². The number of likely N-dealkylation sites (tertiary alicyclic amines) is 2. The van der Waals surface area contributed by atoms with Gasteiger partial charge in [0.25, 0.3) is 5.91 Å². The van der Waals surface area contributed by atoms with Crippen LogP contribution in [0.25, 0.3) is 20.9 Å².